The zero-order valence-electron chi connectivity index (χ0n) is 14.1. The Balaban J connectivity index is 1.85. The van der Waals surface area contributed by atoms with Crippen molar-refractivity contribution in [2.24, 2.45) is 12.2 Å². The minimum atomic E-state index is -3.47. The van der Waals surface area contributed by atoms with Crippen molar-refractivity contribution in [3.05, 3.63) is 41.7 Å². The molecule has 1 aliphatic heterocycles. The van der Waals surface area contributed by atoms with Gasteiger partial charge in [-0.25, -0.2) is 13.6 Å². The van der Waals surface area contributed by atoms with Crippen LogP contribution < -0.4 is 5.14 Å². The first-order valence-electron chi connectivity index (χ1n) is 8.15. The Morgan fingerprint density at radius 1 is 1.38 bits per heavy atom. The van der Waals surface area contributed by atoms with Crippen LogP contribution in [0.2, 0.25) is 0 Å². The van der Waals surface area contributed by atoms with Gasteiger partial charge >= 0.3 is 0 Å². The summed E-state index contributed by atoms with van der Waals surface area (Å²) in [5.74, 6) is 0. The van der Waals surface area contributed by atoms with Crippen molar-refractivity contribution < 1.29 is 8.42 Å². The molecule has 0 amide bonds. The molecule has 0 bridgehead atoms. The highest BCUT2D eigenvalue weighted by Crippen LogP contribution is 2.27. The predicted octanol–water partition coefficient (Wildman–Crippen LogP) is 1.65. The van der Waals surface area contributed by atoms with Crippen molar-refractivity contribution in [2.75, 3.05) is 13.1 Å². The molecule has 1 fully saturated rings. The normalized spacial score (nSPS) is 19.5. The number of nitrogens with zero attached hydrogens (tertiary/aromatic N) is 3. The third-order valence-corrected chi connectivity index (χ3v) is 5.92. The van der Waals surface area contributed by atoms with Crippen LogP contribution in [0.3, 0.4) is 0 Å². The zero-order chi connectivity index (χ0) is 17.3. The van der Waals surface area contributed by atoms with E-state index in [2.05, 4.69) is 35.1 Å². The van der Waals surface area contributed by atoms with Gasteiger partial charge in [0.15, 0.2) is 0 Å². The van der Waals surface area contributed by atoms with Crippen molar-refractivity contribution in [1.82, 2.24) is 14.7 Å². The predicted molar refractivity (Wildman–Crippen MR) is 94.8 cm³/mol. The number of benzene rings is 1. The Labute approximate surface area is 143 Å². The molecule has 3 rings (SSSR count). The number of piperidine rings is 1. The van der Waals surface area contributed by atoms with Gasteiger partial charge in [-0.2, -0.15) is 5.10 Å². The molecule has 6 nitrogen and oxygen atoms in total. The maximum Gasteiger partial charge on any atom is 0.213 e. The highest BCUT2D eigenvalue weighted by Gasteiger charge is 2.28. The number of primary sulfonamides is 1. The molecule has 1 aliphatic rings. The molecule has 7 heteroatoms. The Hall–Kier alpha value is -1.70. The van der Waals surface area contributed by atoms with Gasteiger partial charge < -0.3 is 0 Å². The number of rotatable bonds is 4. The summed E-state index contributed by atoms with van der Waals surface area (Å²) in [4.78, 5) is 2.18. The second kappa shape index (κ2) is 6.66. The number of hydrogen-bond donors (Lipinski definition) is 1. The quantitative estimate of drug-likeness (QED) is 0.911. The smallest absolute Gasteiger partial charge is 0.213 e. The average molecular weight is 348 g/mol. The molecule has 130 valence electrons. The van der Waals surface area contributed by atoms with Gasteiger partial charge in [-0.05, 0) is 37.4 Å². The van der Waals surface area contributed by atoms with Crippen LogP contribution in [0.5, 0.6) is 0 Å². The van der Waals surface area contributed by atoms with E-state index < -0.39 is 15.3 Å². The van der Waals surface area contributed by atoms with Crippen LogP contribution in [0.25, 0.3) is 11.1 Å². The maximum absolute atomic E-state index is 11.7. The molecule has 1 aromatic heterocycles. The van der Waals surface area contributed by atoms with Gasteiger partial charge in [0.2, 0.25) is 10.0 Å². The van der Waals surface area contributed by atoms with Gasteiger partial charge in [-0.15, -0.1) is 0 Å². The van der Waals surface area contributed by atoms with Gasteiger partial charge in [-0.3, -0.25) is 9.58 Å². The Kier molecular flexibility index (Phi) is 4.76. The summed E-state index contributed by atoms with van der Waals surface area (Å²) in [6.45, 7) is 4.18. The number of likely N-dealkylation sites (tertiary alicyclic amines) is 1. The summed E-state index contributed by atoms with van der Waals surface area (Å²) in [6, 6.07) is 6.38. The zero-order valence-corrected chi connectivity index (χ0v) is 15.0. The van der Waals surface area contributed by atoms with Crippen molar-refractivity contribution in [1.29, 1.82) is 0 Å². The van der Waals surface area contributed by atoms with Gasteiger partial charge in [-0.1, -0.05) is 23.8 Å². The van der Waals surface area contributed by atoms with Gasteiger partial charge in [0.25, 0.3) is 0 Å². The molecular formula is C17H24N4O2S. The molecule has 2 N–H and O–H groups in total. The molecule has 0 saturated carbocycles. The van der Waals surface area contributed by atoms with E-state index in [9.17, 15) is 8.42 Å². The van der Waals surface area contributed by atoms with Crippen molar-refractivity contribution >= 4 is 10.0 Å². The van der Waals surface area contributed by atoms with Gasteiger partial charge in [0.05, 0.1) is 11.4 Å². The number of aromatic nitrogens is 2. The first kappa shape index (κ1) is 17.1. The van der Waals surface area contributed by atoms with Crippen LogP contribution in [-0.4, -0.2) is 41.4 Å². The SMILES string of the molecule is Cc1ccc(CN2CCC[C@@H](S(N)(=O)=O)C2)c(-c2cnn(C)c2)c1. The third-order valence-electron chi connectivity index (χ3n) is 4.60. The number of aryl methyl sites for hydroxylation is 2. The fraction of sp³-hybridized carbons (Fsp3) is 0.471. The molecule has 2 heterocycles. The Bertz CT molecular complexity index is 829. The van der Waals surface area contributed by atoms with Crippen molar-refractivity contribution in [3.63, 3.8) is 0 Å². The van der Waals surface area contributed by atoms with Gasteiger partial charge in [0, 0.05) is 31.9 Å². The highest BCUT2D eigenvalue weighted by atomic mass is 32.2. The van der Waals surface area contributed by atoms with E-state index in [0.717, 1.165) is 30.6 Å². The van der Waals surface area contributed by atoms with Crippen LogP contribution in [0.15, 0.2) is 30.6 Å². The third kappa shape index (κ3) is 3.85. The standard InChI is InChI=1S/C17H24N4O2S/c1-13-5-6-14(17(8-13)15-9-19-20(2)10-15)11-21-7-3-4-16(12-21)24(18,22)23/h5-6,8-10,16H,3-4,7,11-12H2,1-2H3,(H2,18,22,23)/t16-/m1/s1. The van der Waals surface area contributed by atoms with Crippen LogP contribution in [-0.2, 0) is 23.6 Å². The highest BCUT2D eigenvalue weighted by molar-refractivity contribution is 7.89. The lowest BCUT2D eigenvalue weighted by molar-refractivity contribution is 0.222. The molecule has 0 radical (unpaired) electrons. The molecule has 1 saturated heterocycles. The minimum Gasteiger partial charge on any atom is -0.298 e. The number of nitrogens with two attached hydrogens (primary N) is 1. The molecule has 24 heavy (non-hydrogen) atoms. The minimum absolute atomic E-state index is 0.460. The molecule has 0 aliphatic carbocycles. The first-order valence-corrected chi connectivity index (χ1v) is 9.76. The lowest BCUT2D eigenvalue weighted by atomic mass is 9.98. The second-order valence-corrected chi connectivity index (χ2v) is 8.50. The topological polar surface area (TPSA) is 81.2 Å². The van der Waals surface area contributed by atoms with E-state index in [0.29, 0.717) is 13.0 Å². The summed E-state index contributed by atoms with van der Waals surface area (Å²) >= 11 is 0. The largest absolute Gasteiger partial charge is 0.298 e. The van der Waals surface area contributed by atoms with Crippen molar-refractivity contribution in [2.45, 2.75) is 31.6 Å². The number of sulfonamides is 1. The molecule has 2 aromatic rings. The fourth-order valence-electron chi connectivity index (χ4n) is 3.32. The van der Waals surface area contributed by atoms with E-state index in [1.807, 2.05) is 19.4 Å². The Morgan fingerprint density at radius 3 is 2.83 bits per heavy atom. The second-order valence-electron chi connectivity index (χ2n) is 6.65. The molecule has 0 unspecified atom stereocenters. The van der Waals surface area contributed by atoms with E-state index in [4.69, 9.17) is 5.14 Å². The fourth-order valence-corrected chi connectivity index (χ4v) is 4.24. The summed E-state index contributed by atoms with van der Waals surface area (Å²) in [7, 11) is -1.57. The summed E-state index contributed by atoms with van der Waals surface area (Å²) in [5, 5.41) is 9.15. The van der Waals surface area contributed by atoms with Gasteiger partial charge in [0.1, 0.15) is 0 Å². The van der Waals surface area contributed by atoms with Crippen molar-refractivity contribution in [3.8, 4) is 11.1 Å². The monoisotopic (exact) mass is 348 g/mol. The summed E-state index contributed by atoms with van der Waals surface area (Å²) in [5.41, 5.74) is 4.61. The molecule has 0 spiro atoms. The molecule has 1 aromatic carbocycles. The van der Waals surface area contributed by atoms with E-state index >= 15 is 0 Å². The van der Waals surface area contributed by atoms with Crippen LogP contribution in [0.1, 0.15) is 24.0 Å². The summed E-state index contributed by atoms with van der Waals surface area (Å²) < 4.78 is 25.1. The lowest BCUT2D eigenvalue weighted by Gasteiger charge is -2.32. The van der Waals surface area contributed by atoms with E-state index in [1.54, 1.807) is 4.68 Å². The molecular weight excluding hydrogens is 324 g/mol. The summed E-state index contributed by atoms with van der Waals surface area (Å²) in [6.07, 6.45) is 5.37. The average Bonchev–Trinajstić information content (AvgIpc) is 2.95. The van der Waals surface area contributed by atoms with Crippen LogP contribution >= 0.6 is 0 Å². The first-order chi connectivity index (χ1) is 11.3. The van der Waals surface area contributed by atoms with E-state index in [1.165, 1.54) is 11.1 Å². The van der Waals surface area contributed by atoms with Crippen LogP contribution in [0.4, 0.5) is 0 Å². The number of hydrogen-bond acceptors (Lipinski definition) is 4. The maximum atomic E-state index is 11.7. The Morgan fingerprint density at radius 2 is 2.17 bits per heavy atom. The molecule has 1 atom stereocenters. The van der Waals surface area contributed by atoms with E-state index in [-0.39, 0.29) is 0 Å². The van der Waals surface area contributed by atoms with Crippen LogP contribution in [0, 0.1) is 6.92 Å². The lowest BCUT2D eigenvalue weighted by Crippen LogP contribution is -2.44.